The van der Waals surface area contributed by atoms with Crippen molar-refractivity contribution in [2.75, 3.05) is 6.54 Å². The molecule has 0 aliphatic rings. The number of rotatable bonds is 18. The summed E-state index contributed by atoms with van der Waals surface area (Å²) in [6.45, 7) is 1.81. The third kappa shape index (κ3) is 12.1. The lowest BCUT2D eigenvalue weighted by Gasteiger charge is -2.18. The maximum Gasteiger partial charge on any atom is 0.475 e. The number of carbonyl (C=O) groups is 3. The summed E-state index contributed by atoms with van der Waals surface area (Å²) in [7, 11) is -1.76. The van der Waals surface area contributed by atoms with Gasteiger partial charge in [-0.2, -0.15) is 0 Å². The summed E-state index contributed by atoms with van der Waals surface area (Å²) >= 11 is 0. The molecule has 1 aromatic heterocycles. The number of carbonyl (C=O) groups excluding carboxylic acids is 3. The second-order valence-corrected chi connectivity index (χ2v) is 9.25. The van der Waals surface area contributed by atoms with Gasteiger partial charge >= 0.3 is 7.12 Å². The summed E-state index contributed by atoms with van der Waals surface area (Å²) in [6.07, 6.45) is 13.5. The van der Waals surface area contributed by atoms with Crippen LogP contribution >= 0.6 is 0 Å². The lowest BCUT2D eigenvalue weighted by Crippen LogP contribution is -2.50. The average molecular weight is 510 g/mol. The van der Waals surface area contributed by atoms with Gasteiger partial charge in [-0.25, -0.2) is 4.98 Å². The highest BCUT2D eigenvalue weighted by Crippen LogP contribution is 2.12. The molecule has 200 valence electrons. The van der Waals surface area contributed by atoms with Gasteiger partial charge in [0, 0.05) is 6.42 Å². The largest absolute Gasteiger partial charge is 0.475 e. The molecule has 1 unspecified atom stereocenters. The predicted molar refractivity (Wildman–Crippen MR) is 143 cm³/mol. The van der Waals surface area contributed by atoms with Crippen LogP contribution < -0.4 is 10.6 Å². The molecule has 0 aliphatic carbocycles. The normalized spacial score (nSPS) is 11.5. The van der Waals surface area contributed by atoms with E-state index < -0.39 is 31.4 Å². The van der Waals surface area contributed by atoms with Gasteiger partial charge in [-0.15, -0.1) is 0 Å². The Labute approximate surface area is 219 Å². The Morgan fingerprint density at radius 3 is 2.16 bits per heavy atom. The number of hydrogen-bond acceptors (Lipinski definition) is 7. The molecule has 0 radical (unpaired) electrons. The van der Waals surface area contributed by atoms with Gasteiger partial charge in [-0.05, 0) is 18.4 Å². The fourth-order valence-corrected chi connectivity index (χ4v) is 3.94. The number of aromatic nitrogens is 2. The summed E-state index contributed by atoms with van der Waals surface area (Å²) < 4.78 is 0. The summed E-state index contributed by atoms with van der Waals surface area (Å²) in [4.78, 5) is 45.3. The molecule has 2 rings (SSSR count). The van der Waals surface area contributed by atoms with E-state index in [-0.39, 0.29) is 23.6 Å². The minimum atomic E-state index is -1.76. The Kier molecular flexibility index (Phi) is 14.1. The molecule has 0 fully saturated rings. The monoisotopic (exact) mass is 510 g/mol. The highest BCUT2D eigenvalue weighted by atomic mass is 16.4. The standard InChI is InChI=1S/C27H39BN4O5/c1-2-3-4-5-6-7-8-9-13-16-24(33)22-18-29-19-23(31-22)27(35)30-20-26(34)32-25(28(36)37)17-21-14-11-10-12-15-21/h10-12,14-15,18-19,25,36-37H,2-9,13,16-17,20H2,1H3,(H,30,35)(H,32,34). The molecule has 4 N–H and O–H groups in total. The van der Waals surface area contributed by atoms with Crippen LogP contribution in [0.1, 0.15) is 97.7 Å². The summed E-state index contributed by atoms with van der Waals surface area (Å²) in [5, 5.41) is 24.2. The fraction of sp³-hybridized carbons (Fsp3) is 0.519. The molecule has 2 aromatic rings. The summed E-state index contributed by atoms with van der Waals surface area (Å²) in [5.74, 6) is -2.34. The minimum Gasteiger partial charge on any atom is -0.426 e. The molecule has 1 heterocycles. The molecule has 0 saturated heterocycles. The van der Waals surface area contributed by atoms with Crippen LogP contribution in [-0.4, -0.2) is 57.2 Å². The second-order valence-electron chi connectivity index (χ2n) is 9.25. The van der Waals surface area contributed by atoms with Crippen LogP contribution in [0.4, 0.5) is 0 Å². The van der Waals surface area contributed by atoms with Gasteiger partial charge in [0.05, 0.1) is 24.9 Å². The number of unbranched alkanes of at least 4 members (excludes halogenated alkanes) is 8. The molecule has 0 spiro atoms. The van der Waals surface area contributed by atoms with Crippen molar-refractivity contribution in [3.8, 4) is 0 Å². The van der Waals surface area contributed by atoms with Crippen molar-refractivity contribution < 1.29 is 24.4 Å². The zero-order chi connectivity index (χ0) is 26.9. The van der Waals surface area contributed by atoms with Crippen LogP contribution in [-0.2, 0) is 11.2 Å². The van der Waals surface area contributed by atoms with Crippen molar-refractivity contribution in [2.45, 2.75) is 83.5 Å². The fourth-order valence-electron chi connectivity index (χ4n) is 3.94. The Morgan fingerprint density at radius 1 is 0.892 bits per heavy atom. The highest BCUT2D eigenvalue weighted by Gasteiger charge is 2.25. The van der Waals surface area contributed by atoms with Gasteiger partial charge in [0.1, 0.15) is 11.4 Å². The third-order valence-electron chi connectivity index (χ3n) is 6.07. The van der Waals surface area contributed by atoms with Crippen molar-refractivity contribution in [1.82, 2.24) is 20.6 Å². The van der Waals surface area contributed by atoms with E-state index in [0.717, 1.165) is 24.8 Å². The molecular weight excluding hydrogens is 471 g/mol. The Bertz CT molecular complexity index is 974. The summed E-state index contributed by atoms with van der Waals surface area (Å²) in [6, 6.07) is 9.09. The van der Waals surface area contributed by atoms with E-state index in [4.69, 9.17) is 0 Å². The van der Waals surface area contributed by atoms with Crippen molar-refractivity contribution in [3.05, 3.63) is 59.7 Å². The molecule has 0 aliphatic heterocycles. The molecule has 1 aromatic carbocycles. The van der Waals surface area contributed by atoms with Gasteiger partial charge in [-0.3, -0.25) is 19.4 Å². The zero-order valence-corrected chi connectivity index (χ0v) is 21.7. The number of hydrogen-bond donors (Lipinski definition) is 4. The first-order chi connectivity index (χ1) is 17.9. The second kappa shape index (κ2) is 17.4. The van der Waals surface area contributed by atoms with Crippen LogP contribution in [0.3, 0.4) is 0 Å². The number of nitrogens with one attached hydrogen (secondary N) is 2. The number of ketones is 1. The lowest BCUT2D eigenvalue weighted by molar-refractivity contribution is -0.120. The molecular formula is C27H39BN4O5. The number of amides is 2. The third-order valence-corrected chi connectivity index (χ3v) is 6.07. The number of Topliss-reactive ketones (excluding diaryl/α,β-unsaturated/α-hetero) is 1. The first kappa shape index (κ1) is 30.1. The van der Waals surface area contributed by atoms with E-state index in [1.807, 2.05) is 30.3 Å². The van der Waals surface area contributed by atoms with Crippen LogP contribution in [0.15, 0.2) is 42.7 Å². The smallest absolute Gasteiger partial charge is 0.426 e. The Morgan fingerprint density at radius 2 is 1.51 bits per heavy atom. The minimum absolute atomic E-state index is 0.0613. The topological polar surface area (TPSA) is 142 Å². The van der Waals surface area contributed by atoms with E-state index in [1.54, 1.807) is 0 Å². The zero-order valence-electron chi connectivity index (χ0n) is 21.7. The molecule has 1 atom stereocenters. The van der Waals surface area contributed by atoms with E-state index in [0.29, 0.717) is 6.42 Å². The van der Waals surface area contributed by atoms with Gasteiger partial charge in [0.2, 0.25) is 5.91 Å². The van der Waals surface area contributed by atoms with Crippen molar-refractivity contribution in [2.24, 2.45) is 0 Å². The van der Waals surface area contributed by atoms with Crippen molar-refractivity contribution in [1.29, 1.82) is 0 Å². The molecule has 37 heavy (non-hydrogen) atoms. The van der Waals surface area contributed by atoms with E-state index in [2.05, 4.69) is 27.5 Å². The molecule has 0 bridgehead atoms. The number of benzene rings is 1. The van der Waals surface area contributed by atoms with Crippen LogP contribution in [0, 0.1) is 0 Å². The van der Waals surface area contributed by atoms with Crippen LogP contribution in [0.25, 0.3) is 0 Å². The predicted octanol–water partition coefficient (Wildman–Crippen LogP) is 3.05. The average Bonchev–Trinajstić information content (AvgIpc) is 2.91. The lowest BCUT2D eigenvalue weighted by atomic mass is 9.76. The van der Waals surface area contributed by atoms with E-state index in [1.165, 1.54) is 50.9 Å². The number of nitrogens with zero attached hydrogens (tertiary/aromatic N) is 2. The van der Waals surface area contributed by atoms with E-state index >= 15 is 0 Å². The highest BCUT2D eigenvalue weighted by molar-refractivity contribution is 6.43. The maximum atomic E-state index is 12.5. The van der Waals surface area contributed by atoms with E-state index in [9.17, 15) is 24.4 Å². The summed E-state index contributed by atoms with van der Waals surface area (Å²) in [5.41, 5.74) is 0.890. The quantitative estimate of drug-likeness (QED) is 0.137. The van der Waals surface area contributed by atoms with Crippen LogP contribution in [0.5, 0.6) is 0 Å². The maximum absolute atomic E-state index is 12.5. The Balaban J connectivity index is 1.74. The molecule has 2 amide bonds. The van der Waals surface area contributed by atoms with Crippen molar-refractivity contribution >= 4 is 24.7 Å². The first-order valence-corrected chi connectivity index (χ1v) is 13.2. The van der Waals surface area contributed by atoms with Gasteiger partial charge in [0.25, 0.3) is 5.91 Å². The Hall–Kier alpha value is -3.11. The molecule has 9 nitrogen and oxygen atoms in total. The first-order valence-electron chi connectivity index (χ1n) is 13.2. The molecule has 0 saturated carbocycles. The van der Waals surface area contributed by atoms with Gasteiger partial charge < -0.3 is 20.7 Å². The van der Waals surface area contributed by atoms with Crippen LogP contribution in [0.2, 0.25) is 0 Å². The SMILES string of the molecule is CCCCCCCCCCCC(=O)c1cncc(C(=O)NCC(=O)NC(Cc2ccccc2)B(O)O)n1. The van der Waals surface area contributed by atoms with Gasteiger partial charge in [-0.1, -0.05) is 88.6 Å². The van der Waals surface area contributed by atoms with Gasteiger partial charge in [0.15, 0.2) is 5.78 Å². The van der Waals surface area contributed by atoms with Crippen molar-refractivity contribution in [3.63, 3.8) is 0 Å². The molecule has 10 heteroatoms.